The molecule has 3 rings (SSSR count). The smallest absolute Gasteiger partial charge is 0.329 e. The zero-order valence-corrected chi connectivity index (χ0v) is 16.5. The summed E-state index contributed by atoms with van der Waals surface area (Å²) < 4.78 is 0.922. The lowest BCUT2D eigenvalue weighted by atomic mass is 10.1. The van der Waals surface area contributed by atoms with Crippen LogP contribution in [-0.4, -0.2) is 30.9 Å². The number of carbonyl (C=O) groups excluding carboxylic acids is 2. The zero-order chi connectivity index (χ0) is 18.8. The molecule has 1 heterocycles. The molecule has 1 N–H and O–H groups in total. The van der Waals surface area contributed by atoms with E-state index < -0.39 is 6.03 Å². The van der Waals surface area contributed by atoms with E-state index in [2.05, 4.69) is 21.2 Å². The van der Waals surface area contributed by atoms with E-state index in [0.29, 0.717) is 0 Å². The number of rotatable bonds is 4. The van der Waals surface area contributed by atoms with Crippen molar-refractivity contribution >= 4 is 39.6 Å². The van der Waals surface area contributed by atoms with Gasteiger partial charge in [-0.25, -0.2) is 4.79 Å². The van der Waals surface area contributed by atoms with Crippen LogP contribution < -0.4 is 10.2 Å². The van der Waals surface area contributed by atoms with Crippen LogP contribution >= 0.6 is 15.9 Å². The van der Waals surface area contributed by atoms with Crippen LogP contribution in [0.1, 0.15) is 16.7 Å². The predicted octanol–water partition coefficient (Wildman–Crippen LogP) is 3.92. The van der Waals surface area contributed by atoms with Crippen molar-refractivity contribution in [1.29, 1.82) is 0 Å². The molecular weight excluding hydrogens is 394 g/mol. The molecule has 26 heavy (non-hydrogen) atoms. The van der Waals surface area contributed by atoms with E-state index >= 15 is 0 Å². The Balaban J connectivity index is 1.82. The van der Waals surface area contributed by atoms with Gasteiger partial charge in [-0.3, -0.25) is 9.69 Å². The topological polar surface area (TPSA) is 52.7 Å². The molecule has 134 valence electrons. The number of urea groups is 1. The maximum atomic E-state index is 12.6. The first kappa shape index (κ1) is 18.2. The van der Waals surface area contributed by atoms with Gasteiger partial charge in [0.1, 0.15) is 5.70 Å². The summed E-state index contributed by atoms with van der Waals surface area (Å²) in [5, 5.41) is 2.67. The Morgan fingerprint density at radius 3 is 2.58 bits per heavy atom. The Bertz CT molecular complexity index is 906. The Morgan fingerprint density at radius 1 is 1.15 bits per heavy atom. The summed E-state index contributed by atoms with van der Waals surface area (Å²) in [6.45, 7) is 2.24. The fourth-order valence-corrected chi connectivity index (χ4v) is 3.60. The van der Waals surface area contributed by atoms with E-state index in [9.17, 15) is 9.59 Å². The average Bonchev–Trinajstić information content (AvgIpc) is 2.82. The number of anilines is 1. The summed E-state index contributed by atoms with van der Waals surface area (Å²) in [5.74, 6) is -0.315. The highest BCUT2D eigenvalue weighted by atomic mass is 79.9. The lowest BCUT2D eigenvalue weighted by Gasteiger charge is -2.14. The fourth-order valence-electron chi connectivity index (χ4n) is 2.85. The van der Waals surface area contributed by atoms with Gasteiger partial charge in [-0.1, -0.05) is 35.9 Å². The number of halogens is 1. The first-order chi connectivity index (χ1) is 12.3. The van der Waals surface area contributed by atoms with Gasteiger partial charge in [-0.2, -0.15) is 0 Å². The number of nitrogens with one attached hydrogen (secondary N) is 1. The maximum Gasteiger partial charge on any atom is 0.329 e. The number of hydrogen-bond donors (Lipinski definition) is 1. The lowest BCUT2D eigenvalue weighted by Crippen LogP contribution is -2.30. The molecular formula is C20H20BrN3O2. The summed E-state index contributed by atoms with van der Waals surface area (Å²) in [4.78, 5) is 28.1. The van der Waals surface area contributed by atoms with E-state index in [4.69, 9.17) is 0 Å². The summed E-state index contributed by atoms with van der Waals surface area (Å²) in [6, 6.07) is 13.2. The van der Waals surface area contributed by atoms with Crippen LogP contribution in [0.5, 0.6) is 0 Å². The quantitative estimate of drug-likeness (QED) is 0.610. The van der Waals surface area contributed by atoms with Crippen LogP contribution in [0.15, 0.2) is 52.6 Å². The molecule has 1 aliphatic rings. The van der Waals surface area contributed by atoms with E-state index in [0.717, 1.165) is 26.9 Å². The molecule has 0 aromatic heterocycles. The summed E-state index contributed by atoms with van der Waals surface area (Å²) in [6.07, 6.45) is 1.70. The molecule has 0 aliphatic carbocycles. The van der Waals surface area contributed by atoms with Gasteiger partial charge in [0, 0.05) is 18.6 Å². The minimum Gasteiger partial charge on any atom is -0.377 e. The van der Waals surface area contributed by atoms with Gasteiger partial charge in [0.15, 0.2) is 0 Å². The molecule has 5 nitrogen and oxygen atoms in total. The second kappa shape index (κ2) is 7.33. The molecule has 2 aromatic rings. The lowest BCUT2D eigenvalue weighted by molar-refractivity contribution is -0.123. The standard InChI is InChI=1S/C20H20BrN3O2/c1-13-5-4-6-15(9-13)12-24-19(25)17(22-20(24)26)11-14-7-8-18(23(2)3)16(21)10-14/h4-11H,12H2,1-3H3,(H,22,26)/b17-11+. The van der Waals surface area contributed by atoms with Gasteiger partial charge in [-0.05, 0) is 52.2 Å². The van der Waals surface area contributed by atoms with Gasteiger partial charge >= 0.3 is 6.03 Å². The summed E-state index contributed by atoms with van der Waals surface area (Å²) in [7, 11) is 3.92. The molecule has 1 aliphatic heterocycles. The van der Waals surface area contributed by atoms with Crippen LogP contribution in [0.25, 0.3) is 6.08 Å². The number of aryl methyl sites for hydroxylation is 1. The number of imide groups is 1. The maximum absolute atomic E-state index is 12.6. The third-order valence-corrected chi connectivity index (χ3v) is 4.79. The van der Waals surface area contributed by atoms with Crippen LogP contribution in [0, 0.1) is 6.92 Å². The summed E-state index contributed by atoms with van der Waals surface area (Å²) >= 11 is 3.53. The SMILES string of the molecule is Cc1cccc(CN2C(=O)N/C(=C/c3ccc(N(C)C)c(Br)c3)C2=O)c1. The molecule has 1 saturated heterocycles. The van der Waals surface area contributed by atoms with E-state index in [1.54, 1.807) is 6.08 Å². The van der Waals surface area contributed by atoms with E-state index in [-0.39, 0.29) is 18.1 Å². The average molecular weight is 414 g/mol. The molecule has 0 unspecified atom stereocenters. The van der Waals surface area contributed by atoms with Crippen molar-refractivity contribution in [1.82, 2.24) is 10.2 Å². The third kappa shape index (κ3) is 3.80. The molecule has 0 atom stereocenters. The van der Waals surface area contributed by atoms with Crippen molar-refractivity contribution in [2.45, 2.75) is 13.5 Å². The van der Waals surface area contributed by atoms with Gasteiger partial charge in [0.2, 0.25) is 0 Å². The summed E-state index contributed by atoms with van der Waals surface area (Å²) in [5.41, 5.74) is 4.18. The Hall–Kier alpha value is -2.60. The van der Waals surface area contributed by atoms with Crippen molar-refractivity contribution in [3.8, 4) is 0 Å². The van der Waals surface area contributed by atoms with Crippen molar-refractivity contribution in [2.75, 3.05) is 19.0 Å². The second-order valence-electron chi connectivity index (χ2n) is 6.47. The molecule has 0 saturated carbocycles. The van der Waals surface area contributed by atoms with Crippen LogP contribution in [-0.2, 0) is 11.3 Å². The highest BCUT2D eigenvalue weighted by Crippen LogP contribution is 2.27. The van der Waals surface area contributed by atoms with Crippen molar-refractivity contribution < 1.29 is 9.59 Å². The van der Waals surface area contributed by atoms with Crippen LogP contribution in [0.2, 0.25) is 0 Å². The Kier molecular flexibility index (Phi) is 5.13. The van der Waals surface area contributed by atoms with E-state index in [1.807, 2.05) is 68.4 Å². The van der Waals surface area contributed by atoms with Crippen LogP contribution in [0.4, 0.5) is 10.5 Å². The van der Waals surface area contributed by atoms with Crippen molar-refractivity contribution in [2.24, 2.45) is 0 Å². The Labute approximate surface area is 161 Å². The minimum absolute atomic E-state index is 0.257. The monoisotopic (exact) mass is 413 g/mol. The molecule has 2 aromatic carbocycles. The number of amides is 3. The highest BCUT2D eigenvalue weighted by Gasteiger charge is 2.33. The predicted molar refractivity (Wildman–Crippen MR) is 107 cm³/mol. The van der Waals surface area contributed by atoms with Crippen molar-refractivity contribution in [3.63, 3.8) is 0 Å². The second-order valence-corrected chi connectivity index (χ2v) is 7.33. The van der Waals surface area contributed by atoms with Gasteiger partial charge in [0.05, 0.1) is 12.2 Å². The number of benzene rings is 2. The molecule has 0 bridgehead atoms. The van der Waals surface area contributed by atoms with Gasteiger partial charge < -0.3 is 10.2 Å². The van der Waals surface area contributed by atoms with Crippen LogP contribution in [0.3, 0.4) is 0 Å². The molecule has 0 radical (unpaired) electrons. The van der Waals surface area contributed by atoms with Gasteiger partial charge in [0.25, 0.3) is 5.91 Å². The molecule has 0 spiro atoms. The number of nitrogens with zero attached hydrogens (tertiary/aromatic N) is 2. The first-order valence-corrected chi connectivity index (χ1v) is 9.01. The third-order valence-electron chi connectivity index (χ3n) is 4.15. The minimum atomic E-state index is -0.397. The largest absolute Gasteiger partial charge is 0.377 e. The molecule has 6 heteroatoms. The van der Waals surface area contributed by atoms with Gasteiger partial charge in [-0.15, -0.1) is 0 Å². The van der Waals surface area contributed by atoms with Crippen molar-refractivity contribution in [3.05, 3.63) is 69.3 Å². The zero-order valence-electron chi connectivity index (χ0n) is 14.9. The number of carbonyl (C=O) groups is 2. The fraction of sp³-hybridized carbons (Fsp3) is 0.200. The highest BCUT2D eigenvalue weighted by molar-refractivity contribution is 9.10. The first-order valence-electron chi connectivity index (χ1n) is 8.22. The Morgan fingerprint density at radius 2 is 1.92 bits per heavy atom. The normalized spacial score (nSPS) is 15.5. The molecule has 3 amide bonds. The number of hydrogen-bond acceptors (Lipinski definition) is 3. The molecule has 1 fully saturated rings. The van der Waals surface area contributed by atoms with E-state index in [1.165, 1.54) is 4.90 Å².